The van der Waals surface area contributed by atoms with Crippen LogP contribution >= 0.6 is 12.4 Å². The molecule has 2 unspecified atom stereocenters. The maximum absolute atomic E-state index is 12.0. The highest BCUT2D eigenvalue weighted by Crippen LogP contribution is 2.20. The van der Waals surface area contributed by atoms with E-state index in [1.807, 2.05) is 11.8 Å². The number of rotatable bonds is 5. The van der Waals surface area contributed by atoms with Crippen LogP contribution in [0.4, 0.5) is 0 Å². The number of likely N-dealkylation sites (tertiary alicyclic amines) is 1. The number of amides is 1. The lowest BCUT2D eigenvalue weighted by atomic mass is 10.1. The number of nitrogens with zero attached hydrogens (tertiary/aromatic N) is 1. The van der Waals surface area contributed by atoms with E-state index in [1.54, 1.807) is 0 Å². The normalized spacial score (nSPS) is 26.6. The van der Waals surface area contributed by atoms with Crippen LogP contribution in [-0.4, -0.2) is 49.2 Å². The Balaban J connectivity index is 0.00000162. The highest BCUT2D eigenvalue weighted by atomic mass is 35.5. The summed E-state index contributed by atoms with van der Waals surface area (Å²) in [7, 11) is 0. The first-order valence-electron chi connectivity index (χ1n) is 6.91. The van der Waals surface area contributed by atoms with Gasteiger partial charge in [0, 0.05) is 44.8 Å². The molecule has 4 nitrogen and oxygen atoms in total. The summed E-state index contributed by atoms with van der Waals surface area (Å²) >= 11 is 0. The molecule has 2 fully saturated rings. The minimum absolute atomic E-state index is 0. The molecule has 0 saturated carbocycles. The third-order valence-electron chi connectivity index (χ3n) is 3.76. The molecular weight excluding hydrogens is 252 g/mol. The predicted octanol–water partition coefficient (Wildman–Crippen LogP) is 1.58. The first-order valence-corrected chi connectivity index (χ1v) is 6.91. The number of halogens is 1. The van der Waals surface area contributed by atoms with Gasteiger partial charge in [0.25, 0.3) is 0 Å². The third-order valence-corrected chi connectivity index (χ3v) is 3.76. The monoisotopic (exact) mass is 276 g/mol. The van der Waals surface area contributed by atoms with E-state index in [2.05, 4.69) is 5.32 Å². The lowest BCUT2D eigenvalue weighted by Gasteiger charge is -2.24. The summed E-state index contributed by atoms with van der Waals surface area (Å²) < 4.78 is 5.26. The molecule has 2 aliphatic heterocycles. The van der Waals surface area contributed by atoms with E-state index < -0.39 is 0 Å². The van der Waals surface area contributed by atoms with E-state index in [9.17, 15) is 4.79 Å². The molecule has 0 radical (unpaired) electrons. The zero-order valence-corrected chi connectivity index (χ0v) is 12.0. The molecule has 2 heterocycles. The third kappa shape index (κ3) is 4.41. The SMILES string of the molecule is CCOCCCC(=O)N1CCC2CCC(C1)N2.Cl. The lowest BCUT2D eigenvalue weighted by molar-refractivity contribution is -0.131. The molecule has 2 aliphatic rings. The standard InChI is InChI=1S/C13H24N2O2.ClH/c1-2-17-9-3-4-13(16)15-8-7-11-5-6-12(10-15)14-11;/h11-12,14H,2-10H2,1H3;1H. The number of nitrogens with one attached hydrogen (secondary N) is 1. The Bertz CT molecular complexity index is 263. The predicted molar refractivity (Wildman–Crippen MR) is 74.1 cm³/mol. The highest BCUT2D eigenvalue weighted by Gasteiger charge is 2.30. The Morgan fingerprint density at radius 2 is 2.11 bits per heavy atom. The maximum atomic E-state index is 12.0. The molecule has 0 aromatic carbocycles. The molecule has 2 atom stereocenters. The summed E-state index contributed by atoms with van der Waals surface area (Å²) in [4.78, 5) is 14.1. The van der Waals surface area contributed by atoms with Crippen molar-refractivity contribution in [3.8, 4) is 0 Å². The quantitative estimate of drug-likeness (QED) is 0.775. The van der Waals surface area contributed by atoms with E-state index in [0.29, 0.717) is 31.0 Å². The molecule has 1 amide bonds. The molecular formula is C13H25ClN2O2. The average Bonchev–Trinajstić information content (AvgIpc) is 2.64. The van der Waals surface area contributed by atoms with Gasteiger partial charge in [-0.1, -0.05) is 0 Å². The Morgan fingerprint density at radius 3 is 2.89 bits per heavy atom. The van der Waals surface area contributed by atoms with Gasteiger partial charge >= 0.3 is 0 Å². The second-order valence-electron chi connectivity index (χ2n) is 5.07. The van der Waals surface area contributed by atoms with Crippen molar-refractivity contribution in [2.24, 2.45) is 0 Å². The second kappa shape index (κ2) is 7.97. The van der Waals surface area contributed by atoms with Crippen molar-refractivity contribution in [3.63, 3.8) is 0 Å². The van der Waals surface area contributed by atoms with Crippen molar-refractivity contribution in [3.05, 3.63) is 0 Å². The minimum Gasteiger partial charge on any atom is -0.382 e. The maximum Gasteiger partial charge on any atom is 0.222 e. The summed E-state index contributed by atoms with van der Waals surface area (Å²) in [5, 5.41) is 3.60. The number of ether oxygens (including phenoxy) is 1. The fourth-order valence-corrected chi connectivity index (χ4v) is 2.80. The lowest BCUT2D eigenvalue weighted by Crippen LogP contribution is -2.39. The molecule has 1 N–H and O–H groups in total. The Labute approximate surface area is 116 Å². The summed E-state index contributed by atoms with van der Waals surface area (Å²) in [5.41, 5.74) is 0. The zero-order chi connectivity index (χ0) is 12.1. The molecule has 18 heavy (non-hydrogen) atoms. The Kier molecular flexibility index (Phi) is 6.97. The smallest absolute Gasteiger partial charge is 0.222 e. The molecule has 0 spiro atoms. The van der Waals surface area contributed by atoms with E-state index in [4.69, 9.17) is 4.74 Å². The first-order chi connectivity index (χ1) is 8.29. The summed E-state index contributed by atoms with van der Waals surface area (Å²) in [5.74, 6) is 0.305. The molecule has 5 heteroatoms. The molecule has 0 aromatic heterocycles. The van der Waals surface area contributed by atoms with Crippen LogP contribution in [0.3, 0.4) is 0 Å². The van der Waals surface area contributed by atoms with Crippen LogP contribution in [0.1, 0.15) is 39.0 Å². The van der Waals surface area contributed by atoms with Crippen molar-refractivity contribution in [1.29, 1.82) is 0 Å². The van der Waals surface area contributed by atoms with Gasteiger partial charge in [-0.2, -0.15) is 0 Å². The Hall–Kier alpha value is -0.320. The van der Waals surface area contributed by atoms with Crippen molar-refractivity contribution in [2.45, 2.75) is 51.1 Å². The zero-order valence-electron chi connectivity index (χ0n) is 11.2. The van der Waals surface area contributed by atoms with Crippen molar-refractivity contribution in [1.82, 2.24) is 10.2 Å². The van der Waals surface area contributed by atoms with Gasteiger partial charge in [0.15, 0.2) is 0 Å². The minimum atomic E-state index is 0. The van der Waals surface area contributed by atoms with E-state index >= 15 is 0 Å². The van der Waals surface area contributed by atoms with Gasteiger partial charge < -0.3 is 15.0 Å². The van der Waals surface area contributed by atoms with E-state index in [-0.39, 0.29) is 12.4 Å². The number of fused-ring (bicyclic) bond motifs is 2. The van der Waals surface area contributed by atoms with E-state index in [0.717, 1.165) is 32.5 Å². The van der Waals surface area contributed by atoms with Gasteiger partial charge in [0.1, 0.15) is 0 Å². The summed E-state index contributed by atoms with van der Waals surface area (Å²) in [6, 6.07) is 1.19. The van der Waals surface area contributed by atoms with Crippen molar-refractivity contribution < 1.29 is 9.53 Å². The van der Waals surface area contributed by atoms with Crippen LogP contribution in [-0.2, 0) is 9.53 Å². The molecule has 2 rings (SSSR count). The molecule has 106 valence electrons. The van der Waals surface area contributed by atoms with Gasteiger partial charge in [0.2, 0.25) is 5.91 Å². The molecule has 2 saturated heterocycles. The van der Waals surface area contributed by atoms with Gasteiger partial charge in [-0.15, -0.1) is 12.4 Å². The van der Waals surface area contributed by atoms with Crippen LogP contribution in [0, 0.1) is 0 Å². The number of carbonyl (C=O) groups excluding carboxylic acids is 1. The summed E-state index contributed by atoms with van der Waals surface area (Å²) in [6.45, 7) is 5.27. The fraction of sp³-hybridized carbons (Fsp3) is 0.923. The Morgan fingerprint density at radius 1 is 1.33 bits per heavy atom. The topological polar surface area (TPSA) is 41.6 Å². The van der Waals surface area contributed by atoms with Gasteiger partial charge in [-0.3, -0.25) is 4.79 Å². The van der Waals surface area contributed by atoms with Crippen LogP contribution in [0.2, 0.25) is 0 Å². The largest absolute Gasteiger partial charge is 0.382 e. The van der Waals surface area contributed by atoms with Crippen LogP contribution in [0.5, 0.6) is 0 Å². The summed E-state index contributed by atoms with van der Waals surface area (Å²) in [6.07, 6.45) is 5.13. The fourth-order valence-electron chi connectivity index (χ4n) is 2.80. The molecule has 0 aliphatic carbocycles. The average molecular weight is 277 g/mol. The van der Waals surface area contributed by atoms with Gasteiger partial charge in [0.05, 0.1) is 0 Å². The van der Waals surface area contributed by atoms with Crippen molar-refractivity contribution in [2.75, 3.05) is 26.3 Å². The van der Waals surface area contributed by atoms with Gasteiger partial charge in [-0.05, 0) is 32.6 Å². The van der Waals surface area contributed by atoms with Crippen LogP contribution < -0.4 is 5.32 Å². The highest BCUT2D eigenvalue weighted by molar-refractivity contribution is 5.85. The van der Waals surface area contributed by atoms with Crippen molar-refractivity contribution >= 4 is 18.3 Å². The van der Waals surface area contributed by atoms with Crippen LogP contribution in [0.15, 0.2) is 0 Å². The molecule has 0 aromatic rings. The first kappa shape index (κ1) is 15.7. The number of carbonyl (C=O) groups is 1. The van der Waals surface area contributed by atoms with Crippen LogP contribution in [0.25, 0.3) is 0 Å². The second-order valence-corrected chi connectivity index (χ2v) is 5.07. The van der Waals surface area contributed by atoms with Gasteiger partial charge in [-0.25, -0.2) is 0 Å². The number of hydrogen-bond donors (Lipinski definition) is 1. The number of hydrogen-bond acceptors (Lipinski definition) is 3. The molecule has 2 bridgehead atoms. The van der Waals surface area contributed by atoms with E-state index in [1.165, 1.54) is 12.8 Å².